The van der Waals surface area contributed by atoms with Crippen LogP contribution in [0.15, 0.2) is 0 Å². The highest BCUT2D eigenvalue weighted by Gasteiger charge is 2.70. The lowest BCUT2D eigenvalue weighted by molar-refractivity contribution is -0.0419. The van der Waals surface area contributed by atoms with E-state index in [9.17, 15) is 27.0 Å². The molecular weight excluding hydrogens is 500 g/mol. The Labute approximate surface area is 217 Å². The van der Waals surface area contributed by atoms with E-state index in [0.717, 1.165) is 25.7 Å². The molecule has 10 heteroatoms. The van der Waals surface area contributed by atoms with Crippen LogP contribution in [0.3, 0.4) is 0 Å². The third-order valence-electron chi connectivity index (χ3n) is 12.0. The van der Waals surface area contributed by atoms with Crippen molar-refractivity contribution in [3.05, 3.63) is 0 Å². The van der Waals surface area contributed by atoms with Crippen molar-refractivity contribution >= 4 is 20.0 Å². The summed E-state index contributed by atoms with van der Waals surface area (Å²) < 4.78 is 58.9. The van der Waals surface area contributed by atoms with Gasteiger partial charge in [-0.05, 0) is 74.0 Å². The molecule has 0 radical (unpaired) electrons. The summed E-state index contributed by atoms with van der Waals surface area (Å²) in [5, 5.41) is 22.2. The molecule has 0 amide bonds. The quantitative estimate of drug-likeness (QED) is 0.451. The average Bonchev–Trinajstić information content (AvgIpc) is 3.27. The van der Waals surface area contributed by atoms with Crippen LogP contribution in [0.2, 0.25) is 0 Å². The summed E-state index contributed by atoms with van der Waals surface area (Å²) in [4.78, 5) is 0. The zero-order valence-corrected chi connectivity index (χ0v) is 24.2. The minimum Gasteiger partial charge on any atom is -0.392 e. The second kappa shape index (κ2) is 8.37. The molecule has 5 rings (SSSR count). The van der Waals surface area contributed by atoms with E-state index in [-0.39, 0.29) is 17.1 Å². The van der Waals surface area contributed by atoms with Crippen LogP contribution in [-0.4, -0.2) is 73.2 Å². The zero-order valence-electron chi connectivity index (χ0n) is 22.5. The van der Waals surface area contributed by atoms with Crippen molar-refractivity contribution in [2.75, 3.05) is 12.0 Å². The molecule has 3 N–H and O–H groups in total. The van der Waals surface area contributed by atoms with Crippen molar-refractivity contribution < 1.29 is 27.0 Å². The molecule has 0 aromatic carbocycles. The minimum atomic E-state index is -3.80. The summed E-state index contributed by atoms with van der Waals surface area (Å²) in [5.74, 6) is 0.441. The Morgan fingerprint density at radius 1 is 0.833 bits per heavy atom. The maximum atomic E-state index is 13.7. The number of aliphatic hydroxyl groups is 2. The van der Waals surface area contributed by atoms with Crippen LogP contribution in [-0.2, 0) is 20.0 Å². The number of nitrogens with zero attached hydrogens (tertiary/aromatic N) is 1. The normalized spacial score (nSPS) is 45.6. The molecule has 36 heavy (non-hydrogen) atoms. The second-order valence-corrected chi connectivity index (χ2v) is 17.5. The Hall–Kier alpha value is -0.260. The first kappa shape index (κ1) is 27.3. The van der Waals surface area contributed by atoms with Gasteiger partial charge in [0, 0.05) is 17.5 Å². The van der Waals surface area contributed by atoms with Crippen molar-refractivity contribution in [1.29, 1.82) is 0 Å². The van der Waals surface area contributed by atoms with Crippen LogP contribution in [0.25, 0.3) is 0 Å². The molecule has 0 aromatic heterocycles. The number of sulfonamides is 2. The maximum absolute atomic E-state index is 13.7. The summed E-state index contributed by atoms with van der Waals surface area (Å²) in [5.41, 5.74) is -2.25. The Morgan fingerprint density at radius 3 is 1.92 bits per heavy atom. The molecule has 0 aromatic rings. The highest BCUT2D eigenvalue weighted by atomic mass is 32.2. The lowest BCUT2D eigenvalue weighted by atomic mass is 9.70. The summed E-state index contributed by atoms with van der Waals surface area (Å²) in [6.07, 6.45) is 6.92. The first-order valence-corrected chi connectivity index (χ1v) is 17.4. The summed E-state index contributed by atoms with van der Waals surface area (Å²) in [6.45, 7) is 8.31. The molecule has 5 aliphatic rings. The van der Waals surface area contributed by atoms with Crippen LogP contribution in [0.1, 0.15) is 91.9 Å². The van der Waals surface area contributed by atoms with Gasteiger partial charge in [-0.15, -0.1) is 0 Å². The predicted octanol–water partition coefficient (Wildman–Crippen LogP) is 2.61. The second-order valence-electron chi connectivity index (χ2n) is 13.9. The number of aliphatic hydroxyl groups excluding tert-OH is 2. The van der Waals surface area contributed by atoms with Gasteiger partial charge in [-0.2, -0.15) is 4.31 Å². The van der Waals surface area contributed by atoms with E-state index in [1.165, 1.54) is 6.26 Å². The number of hydrogen-bond acceptors (Lipinski definition) is 6. The zero-order chi connectivity index (χ0) is 26.5. The summed E-state index contributed by atoms with van der Waals surface area (Å²) in [7, 11) is -7.55. The number of fused-ring (bicyclic) bond motifs is 4. The topological polar surface area (TPSA) is 124 Å². The molecule has 8 atom stereocenters. The van der Waals surface area contributed by atoms with Crippen LogP contribution < -0.4 is 4.72 Å². The Balaban J connectivity index is 1.47. The molecule has 2 unspecified atom stereocenters. The third-order valence-corrected chi connectivity index (χ3v) is 14.9. The summed E-state index contributed by atoms with van der Waals surface area (Å²) in [6, 6.07) is -1.09. The lowest BCUT2D eigenvalue weighted by Crippen LogP contribution is -2.68. The molecule has 208 valence electrons. The number of nitrogens with one attached hydrogen (secondary N) is 1. The Bertz CT molecular complexity index is 1110. The van der Waals surface area contributed by atoms with Crippen LogP contribution in [0.4, 0.5) is 0 Å². The first-order valence-electron chi connectivity index (χ1n) is 13.9. The fourth-order valence-electron chi connectivity index (χ4n) is 9.80. The van der Waals surface area contributed by atoms with Crippen LogP contribution >= 0.6 is 0 Å². The minimum absolute atomic E-state index is 0.131. The molecule has 0 heterocycles. The van der Waals surface area contributed by atoms with Gasteiger partial charge in [-0.3, -0.25) is 0 Å². The van der Waals surface area contributed by atoms with Gasteiger partial charge in [-0.1, -0.05) is 40.5 Å². The van der Waals surface area contributed by atoms with Gasteiger partial charge >= 0.3 is 0 Å². The van der Waals surface area contributed by atoms with E-state index in [2.05, 4.69) is 32.4 Å². The average molecular weight is 547 g/mol. The van der Waals surface area contributed by atoms with Gasteiger partial charge in [-0.25, -0.2) is 21.6 Å². The molecule has 0 aliphatic heterocycles. The molecule has 0 saturated heterocycles. The smallest absolute Gasteiger partial charge is 0.212 e. The third kappa shape index (κ3) is 3.64. The Morgan fingerprint density at radius 2 is 1.42 bits per heavy atom. The Kier molecular flexibility index (Phi) is 6.35. The molecule has 4 bridgehead atoms. The van der Waals surface area contributed by atoms with Crippen molar-refractivity contribution in [3.8, 4) is 0 Å². The lowest BCUT2D eigenvalue weighted by Gasteiger charge is -2.53. The van der Waals surface area contributed by atoms with Gasteiger partial charge < -0.3 is 10.2 Å². The monoisotopic (exact) mass is 546 g/mol. The maximum Gasteiger partial charge on any atom is 0.212 e. The highest BCUT2D eigenvalue weighted by molar-refractivity contribution is 7.89. The number of rotatable bonds is 7. The van der Waals surface area contributed by atoms with E-state index in [1.54, 1.807) is 4.31 Å². The van der Waals surface area contributed by atoms with E-state index < -0.39 is 60.7 Å². The molecule has 5 fully saturated rings. The molecule has 0 spiro atoms. The molecule has 5 saturated carbocycles. The van der Waals surface area contributed by atoms with Gasteiger partial charge in [0.15, 0.2) is 0 Å². The fourth-order valence-corrected chi connectivity index (χ4v) is 13.8. The van der Waals surface area contributed by atoms with E-state index in [1.807, 2.05) is 0 Å². The highest BCUT2D eigenvalue weighted by Crippen LogP contribution is 2.66. The van der Waals surface area contributed by atoms with Crippen molar-refractivity contribution in [2.45, 2.75) is 122 Å². The van der Waals surface area contributed by atoms with Gasteiger partial charge in [0.2, 0.25) is 20.0 Å². The standard InChI is InChI=1S/C26H46N2O6S2/c1-23(2)17-10-12-25(23,21(29)14-17)16-36(33,34)27-19-8-6-7-9-20(19)28(35(5,31)32)26-13-11-18(15-22(26)30)24(26,3)4/h17-22,27,29-30H,6-16H2,1-5H3/t17-,18-,19?,20?,21-,22-,25-,26+/m0/s1. The van der Waals surface area contributed by atoms with E-state index >= 15 is 0 Å². The molecule has 8 nitrogen and oxygen atoms in total. The number of hydrogen-bond donors (Lipinski definition) is 3. The van der Waals surface area contributed by atoms with E-state index in [4.69, 9.17) is 0 Å². The van der Waals surface area contributed by atoms with Gasteiger partial charge in [0.1, 0.15) is 0 Å². The largest absolute Gasteiger partial charge is 0.392 e. The van der Waals surface area contributed by atoms with Crippen LogP contribution in [0, 0.1) is 28.1 Å². The molecular formula is C26H46N2O6S2. The first-order chi connectivity index (χ1) is 16.5. The fraction of sp³-hybridized carbons (Fsp3) is 1.00. The molecule has 5 aliphatic carbocycles. The van der Waals surface area contributed by atoms with Crippen molar-refractivity contribution in [2.24, 2.45) is 28.1 Å². The summed E-state index contributed by atoms with van der Waals surface area (Å²) >= 11 is 0. The van der Waals surface area contributed by atoms with Gasteiger partial charge in [0.25, 0.3) is 0 Å². The SMILES string of the molecule is CC1(C)[C@H]2CC[C@]1(CS(=O)(=O)NC1CCCCC1N([C@]13CC[C@@H](C[C@@H]1O)C3(C)C)S(C)(=O)=O)[C@@H](O)C2. The van der Waals surface area contributed by atoms with Crippen LogP contribution in [0.5, 0.6) is 0 Å². The predicted molar refractivity (Wildman–Crippen MR) is 139 cm³/mol. The van der Waals surface area contributed by atoms with Gasteiger partial charge in [0.05, 0.1) is 29.8 Å². The van der Waals surface area contributed by atoms with Crippen molar-refractivity contribution in [1.82, 2.24) is 9.03 Å². The van der Waals surface area contributed by atoms with Crippen molar-refractivity contribution in [3.63, 3.8) is 0 Å². The van der Waals surface area contributed by atoms with E-state index in [0.29, 0.717) is 44.4 Å².